The van der Waals surface area contributed by atoms with Gasteiger partial charge in [0.25, 0.3) is 0 Å². The summed E-state index contributed by atoms with van der Waals surface area (Å²) < 4.78 is 5.44. The Morgan fingerprint density at radius 1 is 1.33 bits per heavy atom. The van der Waals surface area contributed by atoms with Gasteiger partial charge < -0.3 is 10.1 Å². The molecule has 1 aliphatic heterocycles. The molecule has 1 fully saturated rings. The topological polar surface area (TPSA) is 41.6 Å². The van der Waals surface area contributed by atoms with Crippen LogP contribution in [0.15, 0.2) is 12.2 Å². The molecule has 1 heterocycles. The van der Waals surface area contributed by atoms with Crippen LogP contribution in [0.1, 0.15) is 39.5 Å². The molecule has 1 amide bonds. The first kappa shape index (κ1) is 16.5. The summed E-state index contributed by atoms with van der Waals surface area (Å²) in [6, 6.07) is 0.442. The van der Waals surface area contributed by atoms with Gasteiger partial charge >= 0.3 is 0 Å². The zero-order chi connectivity index (χ0) is 15.1. The molecule has 120 valence electrons. The van der Waals surface area contributed by atoms with Crippen LogP contribution in [-0.4, -0.2) is 49.7 Å². The van der Waals surface area contributed by atoms with E-state index in [1.165, 1.54) is 0 Å². The molecule has 1 saturated heterocycles. The molecule has 0 saturated carbocycles. The van der Waals surface area contributed by atoms with E-state index < -0.39 is 0 Å². The van der Waals surface area contributed by atoms with Crippen molar-refractivity contribution < 1.29 is 9.53 Å². The number of hydrogen-bond donors (Lipinski definition) is 1. The number of allylic oxidation sites excluding steroid dienone is 2. The summed E-state index contributed by atoms with van der Waals surface area (Å²) in [5.41, 5.74) is 0. The lowest BCUT2D eigenvalue weighted by atomic mass is 9.93. The molecule has 1 N–H and O–H groups in total. The van der Waals surface area contributed by atoms with E-state index in [1.807, 2.05) is 0 Å². The second-order valence-electron chi connectivity index (χ2n) is 6.66. The Bertz CT molecular complexity index is 349. The van der Waals surface area contributed by atoms with Gasteiger partial charge in [0, 0.05) is 31.6 Å². The Labute approximate surface area is 128 Å². The monoisotopic (exact) mass is 294 g/mol. The van der Waals surface area contributed by atoms with Crippen molar-refractivity contribution in [2.45, 2.75) is 45.6 Å². The molecule has 1 aliphatic carbocycles. The lowest BCUT2D eigenvalue weighted by Gasteiger charge is -2.35. The highest BCUT2D eigenvalue weighted by Crippen LogP contribution is 2.18. The molecule has 4 nitrogen and oxygen atoms in total. The summed E-state index contributed by atoms with van der Waals surface area (Å²) in [6.07, 6.45) is 8.38. The Hall–Kier alpha value is -0.870. The van der Waals surface area contributed by atoms with Gasteiger partial charge in [-0.25, -0.2) is 0 Å². The Balaban J connectivity index is 1.82. The van der Waals surface area contributed by atoms with E-state index in [0.29, 0.717) is 12.0 Å². The quantitative estimate of drug-likeness (QED) is 0.764. The first-order valence-electron chi connectivity index (χ1n) is 8.41. The summed E-state index contributed by atoms with van der Waals surface area (Å²) >= 11 is 0. The number of carbonyl (C=O) groups excluding carboxylic acids is 1. The minimum Gasteiger partial charge on any atom is -0.379 e. The van der Waals surface area contributed by atoms with Gasteiger partial charge in [-0.2, -0.15) is 0 Å². The summed E-state index contributed by atoms with van der Waals surface area (Å²) in [4.78, 5) is 14.8. The number of ether oxygens (including phenoxy) is 1. The maximum Gasteiger partial charge on any atom is 0.223 e. The van der Waals surface area contributed by atoms with Gasteiger partial charge in [0.15, 0.2) is 0 Å². The second kappa shape index (κ2) is 8.54. The van der Waals surface area contributed by atoms with Crippen LogP contribution in [0.3, 0.4) is 0 Å². The number of nitrogens with one attached hydrogen (secondary N) is 1. The molecule has 2 atom stereocenters. The van der Waals surface area contributed by atoms with Crippen LogP contribution in [0.4, 0.5) is 0 Å². The van der Waals surface area contributed by atoms with Gasteiger partial charge in [0.05, 0.1) is 13.2 Å². The van der Waals surface area contributed by atoms with Crippen molar-refractivity contribution in [2.24, 2.45) is 11.8 Å². The first-order valence-corrected chi connectivity index (χ1v) is 8.41. The molecule has 0 aromatic heterocycles. The van der Waals surface area contributed by atoms with Crippen LogP contribution >= 0.6 is 0 Å². The Morgan fingerprint density at radius 3 is 2.71 bits per heavy atom. The van der Waals surface area contributed by atoms with Gasteiger partial charge in [-0.05, 0) is 31.6 Å². The fraction of sp³-hybridized carbons (Fsp3) is 0.824. The first-order chi connectivity index (χ1) is 10.2. The van der Waals surface area contributed by atoms with Crippen molar-refractivity contribution in [1.29, 1.82) is 0 Å². The van der Waals surface area contributed by atoms with Crippen molar-refractivity contribution in [3.8, 4) is 0 Å². The normalized spacial score (nSPS) is 25.0. The minimum atomic E-state index is 0.180. The lowest BCUT2D eigenvalue weighted by molar-refractivity contribution is -0.125. The van der Waals surface area contributed by atoms with E-state index in [4.69, 9.17) is 4.74 Å². The van der Waals surface area contributed by atoms with Crippen LogP contribution in [-0.2, 0) is 9.53 Å². The summed E-state index contributed by atoms with van der Waals surface area (Å²) in [5, 5.41) is 3.20. The number of rotatable bonds is 6. The van der Waals surface area contributed by atoms with E-state index in [9.17, 15) is 4.79 Å². The number of nitrogens with zero attached hydrogens (tertiary/aromatic N) is 1. The van der Waals surface area contributed by atoms with E-state index in [-0.39, 0.29) is 11.8 Å². The molecular formula is C17H30N2O2. The third-order valence-corrected chi connectivity index (χ3v) is 4.46. The fourth-order valence-electron chi connectivity index (χ4n) is 3.24. The Morgan fingerprint density at radius 2 is 2.10 bits per heavy atom. The van der Waals surface area contributed by atoms with Crippen LogP contribution in [0, 0.1) is 11.8 Å². The maximum absolute atomic E-state index is 12.3. The third kappa shape index (κ3) is 5.44. The molecule has 0 aromatic rings. The standard InChI is InChI=1S/C17H30N2O2/c1-14(2)12-16(19-8-10-21-11-9-19)13-18-17(20)15-6-4-3-5-7-15/h3-4,14-16H,5-13H2,1-2H3,(H,18,20). The second-order valence-corrected chi connectivity index (χ2v) is 6.66. The molecule has 0 aromatic carbocycles. The third-order valence-electron chi connectivity index (χ3n) is 4.46. The van der Waals surface area contributed by atoms with Crippen LogP contribution in [0.5, 0.6) is 0 Å². The maximum atomic E-state index is 12.3. The van der Waals surface area contributed by atoms with Crippen molar-refractivity contribution in [2.75, 3.05) is 32.8 Å². The molecule has 2 unspecified atom stereocenters. The van der Waals surface area contributed by atoms with E-state index in [1.54, 1.807) is 0 Å². The average Bonchev–Trinajstić information content (AvgIpc) is 2.52. The average molecular weight is 294 g/mol. The molecule has 4 heteroatoms. The van der Waals surface area contributed by atoms with Crippen LogP contribution in [0.2, 0.25) is 0 Å². The van der Waals surface area contributed by atoms with E-state index in [2.05, 4.69) is 36.2 Å². The number of morpholine rings is 1. The largest absolute Gasteiger partial charge is 0.379 e. The minimum absolute atomic E-state index is 0.180. The SMILES string of the molecule is CC(C)CC(CNC(=O)C1CC=CCC1)N1CCOCC1. The Kier molecular flexibility index (Phi) is 6.71. The highest BCUT2D eigenvalue weighted by Gasteiger charge is 2.24. The van der Waals surface area contributed by atoms with Crippen molar-refractivity contribution in [1.82, 2.24) is 10.2 Å². The molecule has 0 bridgehead atoms. The molecule has 21 heavy (non-hydrogen) atoms. The van der Waals surface area contributed by atoms with Gasteiger partial charge in [0.2, 0.25) is 5.91 Å². The molecule has 0 spiro atoms. The summed E-state index contributed by atoms with van der Waals surface area (Å²) in [6.45, 7) is 8.88. The number of carbonyl (C=O) groups is 1. The van der Waals surface area contributed by atoms with Gasteiger partial charge in [-0.1, -0.05) is 26.0 Å². The van der Waals surface area contributed by atoms with Crippen LogP contribution < -0.4 is 5.32 Å². The van der Waals surface area contributed by atoms with Gasteiger partial charge in [0.1, 0.15) is 0 Å². The molecule has 2 rings (SSSR count). The van der Waals surface area contributed by atoms with Crippen molar-refractivity contribution in [3.63, 3.8) is 0 Å². The smallest absolute Gasteiger partial charge is 0.223 e. The highest BCUT2D eigenvalue weighted by atomic mass is 16.5. The molecule has 2 aliphatic rings. The fourth-order valence-corrected chi connectivity index (χ4v) is 3.24. The molecular weight excluding hydrogens is 264 g/mol. The van der Waals surface area contributed by atoms with Crippen molar-refractivity contribution in [3.05, 3.63) is 12.2 Å². The zero-order valence-electron chi connectivity index (χ0n) is 13.5. The lowest BCUT2D eigenvalue weighted by Crippen LogP contribution is -2.50. The van der Waals surface area contributed by atoms with E-state index >= 15 is 0 Å². The zero-order valence-corrected chi connectivity index (χ0v) is 13.5. The number of amides is 1. The van der Waals surface area contributed by atoms with Crippen molar-refractivity contribution >= 4 is 5.91 Å². The van der Waals surface area contributed by atoms with E-state index in [0.717, 1.165) is 58.5 Å². The summed E-state index contributed by atoms with van der Waals surface area (Å²) in [5.74, 6) is 1.06. The predicted octanol–water partition coefficient (Wildman–Crippen LogP) is 2.21. The van der Waals surface area contributed by atoms with Crippen LogP contribution in [0.25, 0.3) is 0 Å². The van der Waals surface area contributed by atoms with Gasteiger partial charge in [-0.15, -0.1) is 0 Å². The summed E-state index contributed by atoms with van der Waals surface area (Å²) in [7, 11) is 0. The number of hydrogen-bond acceptors (Lipinski definition) is 3. The molecule has 0 radical (unpaired) electrons. The predicted molar refractivity (Wildman–Crippen MR) is 85.1 cm³/mol. The highest BCUT2D eigenvalue weighted by molar-refractivity contribution is 5.79. The van der Waals surface area contributed by atoms with Gasteiger partial charge in [-0.3, -0.25) is 9.69 Å².